The van der Waals surface area contributed by atoms with Gasteiger partial charge < -0.3 is 15.2 Å². The highest BCUT2D eigenvalue weighted by molar-refractivity contribution is 9.10. The van der Waals surface area contributed by atoms with Gasteiger partial charge in [-0.05, 0) is 36.4 Å². The summed E-state index contributed by atoms with van der Waals surface area (Å²) < 4.78 is 6.01. The minimum atomic E-state index is -1.08. The zero-order valence-electron chi connectivity index (χ0n) is 10.9. The lowest BCUT2D eigenvalue weighted by Gasteiger charge is -2.11. The number of anilines is 1. The smallest absolute Gasteiger partial charge is 0.341 e. The lowest BCUT2D eigenvalue weighted by Crippen LogP contribution is -2.14. The monoisotopic (exact) mass is 349 g/mol. The predicted octanol–water partition coefficient (Wildman–Crippen LogP) is 3.16. The number of carboxylic acids is 1. The molecule has 0 aliphatic rings. The number of nitrogens with one attached hydrogen (secondary N) is 1. The number of benzene rings is 2. The van der Waals surface area contributed by atoms with E-state index in [1.54, 1.807) is 48.5 Å². The zero-order valence-corrected chi connectivity index (χ0v) is 12.5. The van der Waals surface area contributed by atoms with Gasteiger partial charge in [0.05, 0.1) is 5.69 Å². The molecule has 2 rings (SSSR count). The Morgan fingerprint density at radius 3 is 2.43 bits per heavy atom. The summed E-state index contributed by atoms with van der Waals surface area (Å²) in [4.78, 5) is 22.7. The van der Waals surface area contributed by atoms with E-state index in [1.807, 2.05) is 0 Å². The fourth-order valence-corrected chi connectivity index (χ4v) is 1.90. The predicted molar refractivity (Wildman–Crippen MR) is 81.7 cm³/mol. The van der Waals surface area contributed by atoms with E-state index in [4.69, 9.17) is 9.84 Å². The molecule has 2 N–H and O–H groups in total. The van der Waals surface area contributed by atoms with Crippen LogP contribution < -0.4 is 10.1 Å². The van der Waals surface area contributed by atoms with Crippen LogP contribution in [-0.2, 0) is 4.79 Å². The molecule has 21 heavy (non-hydrogen) atoms. The second-order valence-electron chi connectivity index (χ2n) is 4.14. The van der Waals surface area contributed by atoms with Gasteiger partial charge in [-0.1, -0.05) is 28.1 Å². The van der Waals surface area contributed by atoms with E-state index in [2.05, 4.69) is 21.2 Å². The Hall–Kier alpha value is -2.34. The minimum Gasteiger partial charge on any atom is -0.480 e. The summed E-state index contributed by atoms with van der Waals surface area (Å²) in [5.74, 6) is -1.07. The Balaban J connectivity index is 2.13. The van der Waals surface area contributed by atoms with E-state index in [0.29, 0.717) is 17.0 Å². The van der Waals surface area contributed by atoms with Crippen molar-refractivity contribution in [1.29, 1.82) is 0 Å². The topological polar surface area (TPSA) is 75.6 Å². The van der Waals surface area contributed by atoms with E-state index in [9.17, 15) is 9.59 Å². The molecule has 0 atom stereocenters. The number of hydrogen-bond acceptors (Lipinski definition) is 3. The SMILES string of the molecule is O=C(O)COc1ccccc1NC(=O)c1ccc(Br)cc1. The molecule has 0 radical (unpaired) electrons. The number of ether oxygens (including phenoxy) is 1. The molecule has 0 fully saturated rings. The summed E-state index contributed by atoms with van der Waals surface area (Å²) in [5, 5.41) is 11.3. The Morgan fingerprint density at radius 2 is 1.76 bits per heavy atom. The van der Waals surface area contributed by atoms with E-state index >= 15 is 0 Å². The van der Waals surface area contributed by atoms with E-state index < -0.39 is 12.6 Å². The van der Waals surface area contributed by atoms with Gasteiger partial charge in [-0.25, -0.2) is 4.79 Å². The molecular weight excluding hydrogens is 338 g/mol. The molecule has 2 aromatic carbocycles. The third-order valence-corrected chi connectivity index (χ3v) is 3.12. The van der Waals surface area contributed by atoms with Gasteiger partial charge in [0.25, 0.3) is 5.91 Å². The van der Waals surface area contributed by atoms with Gasteiger partial charge in [-0.2, -0.15) is 0 Å². The highest BCUT2D eigenvalue weighted by Crippen LogP contribution is 2.24. The number of halogens is 1. The number of carboxylic acid groups (broad SMARTS) is 1. The molecule has 0 saturated heterocycles. The highest BCUT2D eigenvalue weighted by atomic mass is 79.9. The van der Waals surface area contributed by atoms with Crippen LogP contribution in [0.25, 0.3) is 0 Å². The van der Waals surface area contributed by atoms with Crippen LogP contribution in [0.1, 0.15) is 10.4 Å². The third kappa shape index (κ3) is 4.32. The lowest BCUT2D eigenvalue weighted by molar-refractivity contribution is -0.139. The van der Waals surface area contributed by atoms with Gasteiger partial charge in [0.15, 0.2) is 6.61 Å². The number of rotatable bonds is 5. The first kappa shape index (κ1) is 15.1. The number of para-hydroxylation sites is 2. The number of carbonyl (C=O) groups is 2. The maximum absolute atomic E-state index is 12.1. The van der Waals surface area contributed by atoms with Gasteiger partial charge in [-0.3, -0.25) is 4.79 Å². The summed E-state index contributed by atoms with van der Waals surface area (Å²) in [6.07, 6.45) is 0. The van der Waals surface area contributed by atoms with Crippen molar-refractivity contribution in [2.75, 3.05) is 11.9 Å². The van der Waals surface area contributed by atoms with E-state index in [1.165, 1.54) is 0 Å². The maximum Gasteiger partial charge on any atom is 0.341 e. The van der Waals surface area contributed by atoms with E-state index in [0.717, 1.165) is 4.47 Å². The van der Waals surface area contributed by atoms with Gasteiger partial charge in [-0.15, -0.1) is 0 Å². The average molecular weight is 350 g/mol. The molecule has 0 spiro atoms. The summed E-state index contributed by atoms with van der Waals surface area (Å²) >= 11 is 3.30. The summed E-state index contributed by atoms with van der Waals surface area (Å²) in [5.41, 5.74) is 0.915. The molecule has 0 bridgehead atoms. The molecule has 6 heteroatoms. The Kier molecular flexibility index (Phi) is 4.94. The van der Waals surface area contributed by atoms with Crippen molar-refractivity contribution in [2.45, 2.75) is 0 Å². The van der Waals surface area contributed by atoms with Crippen LogP contribution in [0.15, 0.2) is 53.0 Å². The van der Waals surface area contributed by atoms with Crippen LogP contribution >= 0.6 is 15.9 Å². The molecule has 0 saturated carbocycles. The van der Waals surface area contributed by atoms with Crippen molar-refractivity contribution in [3.63, 3.8) is 0 Å². The van der Waals surface area contributed by atoms with E-state index in [-0.39, 0.29) is 5.91 Å². The Morgan fingerprint density at radius 1 is 1.10 bits per heavy atom. The molecule has 0 aliphatic carbocycles. The normalized spacial score (nSPS) is 9.95. The molecule has 0 aliphatic heterocycles. The molecule has 0 heterocycles. The molecule has 0 aromatic heterocycles. The number of amides is 1. The molecule has 108 valence electrons. The second kappa shape index (κ2) is 6.90. The van der Waals surface area contributed by atoms with Crippen LogP contribution in [0.2, 0.25) is 0 Å². The second-order valence-corrected chi connectivity index (χ2v) is 5.06. The largest absolute Gasteiger partial charge is 0.480 e. The van der Waals surface area contributed by atoms with Gasteiger partial charge in [0.1, 0.15) is 5.75 Å². The van der Waals surface area contributed by atoms with Crippen molar-refractivity contribution in [1.82, 2.24) is 0 Å². The first-order valence-corrected chi connectivity index (χ1v) is 6.86. The summed E-state index contributed by atoms with van der Waals surface area (Å²) in [6.45, 7) is -0.467. The van der Waals surface area contributed by atoms with Crippen LogP contribution in [0.5, 0.6) is 5.75 Å². The maximum atomic E-state index is 12.1. The fraction of sp³-hybridized carbons (Fsp3) is 0.0667. The average Bonchev–Trinajstić information content (AvgIpc) is 2.47. The van der Waals surface area contributed by atoms with Crippen molar-refractivity contribution >= 4 is 33.5 Å². The molecule has 1 amide bonds. The van der Waals surface area contributed by atoms with Gasteiger partial charge in [0, 0.05) is 10.0 Å². The van der Waals surface area contributed by atoms with Gasteiger partial charge >= 0.3 is 5.97 Å². The minimum absolute atomic E-state index is 0.297. The molecule has 5 nitrogen and oxygen atoms in total. The van der Waals surface area contributed by atoms with Crippen LogP contribution in [0, 0.1) is 0 Å². The Labute approximate surface area is 129 Å². The lowest BCUT2D eigenvalue weighted by atomic mass is 10.2. The first-order chi connectivity index (χ1) is 10.1. The Bertz CT molecular complexity index is 655. The number of carbonyl (C=O) groups excluding carboxylic acids is 1. The zero-order chi connectivity index (χ0) is 15.2. The van der Waals surface area contributed by atoms with Gasteiger partial charge in [0.2, 0.25) is 0 Å². The van der Waals surface area contributed by atoms with Crippen LogP contribution in [-0.4, -0.2) is 23.6 Å². The molecular formula is C15H12BrNO4. The number of hydrogen-bond donors (Lipinski definition) is 2. The summed E-state index contributed by atoms with van der Waals surface area (Å²) in [6, 6.07) is 13.6. The standard InChI is InChI=1S/C15H12BrNO4/c16-11-7-5-10(6-8-11)15(20)17-12-3-1-2-4-13(12)21-9-14(18)19/h1-8H,9H2,(H,17,20)(H,18,19). The van der Waals surface area contributed by atoms with Crippen LogP contribution in [0.4, 0.5) is 5.69 Å². The molecule has 2 aromatic rings. The quantitative estimate of drug-likeness (QED) is 0.869. The van der Waals surface area contributed by atoms with Crippen molar-refractivity contribution in [2.24, 2.45) is 0 Å². The molecule has 0 unspecified atom stereocenters. The van der Waals surface area contributed by atoms with Crippen molar-refractivity contribution in [3.05, 3.63) is 58.6 Å². The summed E-state index contributed by atoms with van der Waals surface area (Å²) in [7, 11) is 0. The first-order valence-electron chi connectivity index (χ1n) is 6.07. The van der Waals surface area contributed by atoms with Crippen LogP contribution in [0.3, 0.4) is 0 Å². The van der Waals surface area contributed by atoms with Crippen molar-refractivity contribution < 1.29 is 19.4 Å². The third-order valence-electron chi connectivity index (χ3n) is 2.59. The highest BCUT2D eigenvalue weighted by Gasteiger charge is 2.10. The fourth-order valence-electron chi connectivity index (χ4n) is 1.63. The van der Waals surface area contributed by atoms with Crippen molar-refractivity contribution in [3.8, 4) is 5.75 Å². The number of aliphatic carboxylic acids is 1.